The van der Waals surface area contributed by atoms with Gasteiger partial charge in [0, 0.05) is 12.8 Å². The van der Waals surface area contributed by atoms with Gasteiger partial charge in [0.2, 0.25) is 5.91 Å². The molecule has 0 unspecified atom stereocenters. The highest BCUT2D eigenvalue weighted by Crippen LogP contribution is 2.16. The molecule has 0 saturated heterocycles. The molecule has 0 aliphatic heterocycles. The molecular weight excluding hydrogens is 322 g/mol. The van der Waals surface area contributed by atoms with E-state index in [-0.39, 0.29) is 24.7 Å². The Labute approximate surface area is 146 Å². The summed E-state index contributed by atoms with van der Waals surface area (Å²) in [6.07, 6.45) is 0.723. The summed E-state index contributed by atoms with van der Waals surface area (Å²) in [6, 6.07) is 14.4. The third-order valence-corrected chi connectivity index (χ3v) is 3.45. The minimum atomic E-state index is -1.06. The molecular formula is C19H21NO5. The maximum absolute atomic E-state index is 12.0. The lowest BCUT2D eigenvalue weighted by Crippen LogP contribution is -2.19. The number of ether oxygens (including phenoxy) is 2. The van der Waals surface area contributed by atoms with E-state index in [2.05, 4.69) is 5.32 Å². The molecule has 2 aromatic carbocycles. The van der Waals surface area contributed by atoms with Gasteiger partial charge in [-0.05, 0) is 35.7 Å². The summed E-state index contributed by atoms with van der Waals surface area (Å²) < 4.78 is 10.4. The number of benzene rings is 2. The van der Waals surface area contributed by atoms with Crippen LogP contribution in [0.4, 0.5) is 5.69 Å². The highest BCUT2D eigenvalue weighted by Gasteiger charge is 2.09. The second-order valence-corrected chi connectivity index (χ2v) is 5.49. The second-order valence-electron chi connectivity index (χ2n) is 5.49. The molecule has 0 atom stereocenters. The summed E-state index contributed by atoms with van der Waals surface area (Å²) in [6.45, 7) is 0.600. The summed E-state index contributed by atoms with van der Waals surface area (Å²) in [5, 5.41) is 11.8. The van der Waals surface area contributed by atoms with Crippen molar-refractivity contribution in [3.63, 3.8) is 0 Å². The van der Waals surface area contributed by atoms with Gasteiger partial charge in [0.1, 0.15) is 6.61 Å². The summed E-state index contributed by atoms with van der Waals surface area (Å²) in [5.74, 6) is -1.40. The van der Waals surface area contributed by atoms with Gasteiger partial charge in [-0.25, -0.2) is 4.79 Å². The highest BCUT2D eigenvalue weighted by molar-refractivity contribution is 5.94. The van der Waals surface area contributed by atoms with Crippen LogP contribution in [0.2, 0.25) is 0 Å². The van der Waals surface area contributed by atoms with Crippen molar-refractivity contribution in [3.8, 4) is 0 Å². The normalized spacial score (nSPS) is 10.4. The zero-order chi connectivity index (χ0) is 18.1. The van der Waals surface area contributed by atoms with E-state index in [1.807, 2.05) is 30.3 Å². The Morgan fingerprint density at radius 2 is 1.84 bits per heavy atom. The summed E-state index contributed by atoms with van der Waals surface area (Å²) in [5.41, 5.74) is 2.31. The minimum absolute atomic E-state index is 0.0924. The molecule has 0 aromatic heterocycles. The van der Waals surface area contributed by atoms with Crippen molar-refractivity contribution in [2.24, 2.45) is 0 Å². The van der Waals surface area contributed by atoms with E-state index in [0.717, 1.165) is 12.0 Å². The van der Waals surface area contributed by atoms with E-state index in [4.69, 9.17) is 14.6 Å². The summed E-state index contributed by atoms with van der Waals surface area (Å²) in [4.78, 5) is 23.1. The number of amides is 1. The number of carboxylic acids is 1. The highest BCUT2D eigenvalue weighted by atomic mass is 16.5. The number of carbonyl (C=O) groups is 2. The Morgan fingerprint density at radius 1 is 1.08 bits per heavy atom. The number of anilines is 1. The Bertz CT molecular complexity index is 715. The summed E-state index contributed by atoms with van der Waals surface area (Å²) >= 11 is 0. The fraction of sp³-hybridized carbons (Fsp3) is 0.263. The van der Waals surface area contributed by atoms with Crippen molar-refractivity contribution in [3.05, 3.63) is 65.2 Å². The van der Waals surface area contributed by atoms with Crippen LogP contribution in [-0.4, -0.2) is 37.3 Å². The second kappa shape index (κ2) is 9.56. The molecule has 0 spiro atoms. The van der Waals surface area contributed by atoms with E-state index >= 15 is 0 Å². The van der Waals surface area contributed by atoms with Crippen LogP contribution in [0.25, 0.3) is 0 Å². The molecule has 0 aliphatic carbocycles. The van der Waals surface area contributed by atoms with Gasteiger partial charge in [-0.2, -0.15) is 0 Å². The van der Waals surface area contributed by atoms with Crippen LogP contribution in [-0.2, 0) is 27.3 Å². The van der Waals surface area contributed by atoms with Gasteiger partial charge in [0.25, 0.3) is 0 Å². The van der Waals surface area contributed by atoms with E-state index in [1.165, 1.54) is 19.2 Å². The molecule has 1 amide bonds. The van der Waals surface area contributed by atoms with Crippen molar-refractivity contribution in [2.45, 2.75) is 13.0 Å². The van der Waals surface area contributed by atoms with Gasteiger partial charge in [-0.1, -0.05) is 30.3 Å². The Morgan fingerprint density at radius 3 is 2.52 bits per heavy atom. The monoisotopic (exact) mass is 343 g/mol. The minimum Gasteiger partial charge on any atom is -0.478 e. The number of carboxylic acid groups (broad SMARTS) is 1. The topological polar surface area (TPSA) is 84.9 Å². The van der Waals surface area contributed by atoms with Gasteiger partial charge in [-0.3, -0.25) is 4.79 Å². The number of rotatable bonds is 9. The fourth-order valence-corrected chi connectivity index (χ4v) is 2.33. The standard InChI is InChI=1S/C19H21NO5/c1-24-12-15-9-16(19(22)23)11-17(10-15)20-18(21)13-25-8-7-14-5-3-2-4-6-14/h2-6,9-11H,7-8,12-13H2,1H3,(H,20,21)(H,22,23). The fourth-order valence-electron chi connectivity index (χ4n) is 2.33. The largest absolute Gasteiger partial charge is 0.478 e. The van der Waals surface area contributed by atoms with Crippen LogP contribution in [0.5, 0.6) is 0 Å². The van der Waals surface area contributed by atoms with Crippen LogP contribution in [0.1, 0.15) is 21.5 Å². The van der Waals surface area contributed by atoms with Crippen LogP contribution in [0.15, 0.2) is 48.5 Å². The molecule has 0 aliphatic rings. The quantitative estimate of drug-likeness (QED) is 0.684. The van der Waals surface area contributed by atoms with Gasteiger partial charge in [-0.15, -0.1) is 0 Å². The SMILES string of the molecule is COCc1cc(NC(=O)COCCc2ccccc2)cc(C(=O)O)c1. The van der Waals surface area contributed by atoms with Crippen molar-refractivity contribution in [2.75, 3.05) is 25.6 Å². The molecule has 0 bridgehead atoms. The Balaban J connectivity index is 1.85. The van der Waals surface area contributed by atoms with Gasteiger partial charge in [0.05, 0.1) is 18.8 Å². The Hall–Kier alpha value is -2.70. The predicted octanol–water partition coefficient (Wildman–Crippen LogP) is 2.73. The first-order valence-corrected chi connectivity index (χ1v) is 7.86. The molecule has 2 aromatic rings. The number of carbonyl (C=O) groups excluding carboxylic acids is 1. The lowest BCUT2D eigenvalue weighted by Gasteiger charge is -2.10. The third-order valence-electron chi connectivity index (χ3n) is 3.45. The van der Waals surface area contributed by atoms with E-state index < -0.39 is 5.97 Å². The van der Waals surface area contributed by atoms with Gasteiger partial charge < -0.3 is 19.9 Å². The maximum atomic E-state index is 12.0. The van der Waals surface area contributed by atoms with Crippen LogP contribution in [0.3, 0.4) is 0 Å². The molecule has 0 radical (unpaired) electrons. The Kier molecular flexibility index (Phi) is 7.13. The van der Waals surface area contributed by atoms with E-state index in [9.17, 15) is 9.59 Å². The van der Waals surface area contributed by atoms with Crippen LogP contribution < -0.4 is 5.32 Å². The van der Waals surface area contributed by atoms with Gasteiger partial charge in [0.15, 0.2) is 0 Å². The first kappa shape index (κ1) is 18.6. The molecule has 2 N–H and O–H groups in total. The van der Waals surface area contributed by atoms with E-state index in [1.54, 1.807) is 6.07 Å². The lowest BCUT2D eigenvalue weighted by molar-refractivity contribution is -0.120. The molecule has 6 heteroatoms. The molecule has 25 heavy (non-hydrogen) atoms. The number of aromatic carboxylic acids is 1. The van der Waals surface area contributed by atoms with E-state index in [0.29, 0.717) is 17.9 Å². The molecule has 0 fully saturated rings. The number of hydrogen-bond acceptors (Lipinski definition) is 4. The third kappa shape index (κ3) is 6.37. The first-order valence-electron chi connectivity index (χ1n) is 7.86. The number of methoxy groups -OCH3 is 1. The zero-order valence-corrected chi connectivity index (χ0v) is 14.0. The predicted molar refractivity (Wildman–Crippen MR) is 93.7 cm³/mol. The molecule has 2 rings (SSSR count). The smallest absolute Gasteiger partial charge is 0.335 e. The summed E-state index contributed by atoms with van der Waals surface area (Å²) in [7, 11) is 1.52. The average molecular weight is 343 g/mol. The zero-order valence-electron chi connectivity index (χ0n) is 14.0. The molecule has 6 nitrogen and oxygen atoms in total. The van der Waals surface area contributed by atoms with Gasteiger partial charge >= 0.3 is 5.97 Å². The molecule has 132 valence electrons. The van der Waals surface area contributed by atoms with Crippen LogP contribution in [0, 0.1) is 0 Å². The van der Waals surface area contributed by atoms with Crippen molar-refractivity contribution >= 4 is 17.6 Å². The molecule has 0 heterocycles. The average Bonchev–Trinajstić information content (AvgIpc) is 2.60. The number of hydrogen-bond donors (Lipinski definition) is 2. The number of nitrogens with one attached hydrogen (secondary N) is 1. The maximum Gasteiger partial charge on any atom is 0.335 e. The van der Waals surface area contributed by atoms with Crippen LogP contribution >= 0.6 is 0 Å². The van der Waals surface area contributed by atoms with Crippen molar-refractivity contribution < 1.29 is 24.2 Å². The lowest BCUT2D eigenvalue weighted by atomic mass is 10.1. The van der Waals surface area contributed by atoms with Crippen molar-refractivity contribution in [1.82, 2.24) is 0 Å². The van der Waals surface area contributed by atoms with Crippen molar-refractivity contribution in [1.29, 1.82) is 0 Å². The first-order chi connectivity index (χ1) is 12.1. The molecule has 0 saturated carbocycles.